The topological polar surface area (TPSA) is 41.6 Å². The molecule has 0 saturated heterocycles. The van der Waals surface area contributed by atoms with Crippen molar-refractivity contribution in [2.24, 2.45) is 0 Å². The predicted molar refractivity (Wildman–Crippen MR) is 102 cm³/mol. The van der Waals surface area contributed by atoms with E-state index in [1.165, 1.54) is 12.1 Å². The molecular weight excluding hydrogens is 331 g/mol. The number of halogens is 1. The summed E-state index contributed by atoms with van der Waals surface area (Å²) in [7, 11) is 1.64. The van der Waals surface area contributed by atoms with E-state index < -0.39 is 0 Å². The lowest BCUT2D eigenvalue weighted by molar-refractivity contribution is -0.130. The molecule has 0 radical (unpaired) electrons. The second kappa shape index (κ2) is 9.92. The summed E-state index contributed by atoms with van der Waals surface area (Å²) >= 11 is 0. The molecule has 1 amide bonds. The SMILES string of the molecule is CCC(NCC(=O)N(CC)Cc1cccc(F)c1)c1ccc(OC)cc1. The van der Waals surface area contributed by atoms with Crippen LogP contribution in [-0.4, -0.2) is 31.0 Å². The molecule has 2 rings (SSSR count). The Morgan fingerprint density at radius 3 is 2.50 bits per heavy atom. The summed E-state index contributed by atoms with van der Waals surface area (Å²) in [5.74, 6) is 0.533. The van der Waals surface area contributed by atoms with Crippen LogP contribution in [0.15, 0.2) is 48.5 Å². The van der Waals surface area contributed by atoms with Gasteiger partial charge in [0.2, 0.25) is 5.91 Å². The van der Waals surface area contributed by atoms with Crippen LogP contribution in [0, 0.1) is 5.82 Å². The summed E-state index contributed by atoms with van der Waals surface area (Å²) < 4.78 is 18.5. The lowest BCUT2D eigenvalue weighted by Gasteiger charge is -2.24. The van der Waals surface area contributed by atoms with Gasteiger partial charge in [-0.3, -0.25) is 4.79 Å². The van der Waals surface area contributed by atoms with Gasteiger partial charge < -0.3 is 15.0 Å². The Kier molecular flexibility index (Phi) is 7.60. The van der Waals surface area contributed by atoms with E-state index in [0.717, 1.165) is 23.3 Å². The number of nitrogens with zero attached hydrogens (tertiary/aromatic N) is 1. The highest BCUT2D eigenvalue weighted by atomic mass is 19.1. The molecule has 26 heavy (non-hydrogen) atoms. The standard InChI is InChI=1S/C21H27FN2O2/c1-4-20(17-9-11-19(26-3)12-10-17)23-14-21(25)24(5-2)15-16-7-6-8-18(22)13-16/h6-13,20,23H,4-5,14-15H2,1-3H3. The van der Waals surface area contributed by atoms with Crippen molar-refractivity contribution in [1.29, 1.82) is 0 Å². The largest absolute Gasteiger partial charge is 0.497 e. The summed E-state index contributed by atoms with van der Waals surface area (Å²) in [6.45, 7) is 5.24. The molecule has 0 spiro atoms. The molecular formula is C21H27FN2O2. The smallest absolute Gasteiger partial charge is 0.236 e. The van der Waals surface area contributed by atoms with Crippen LogP contribution >= 0.6 is 0 Å². The molecule has 0 fully saturated rings. The van der Waals surface area contributed by atoms with Crippen molar-refractivity contribution in [3.8, 4) is 5.75 Å². The maximum Gasteiger partial charge on any atom is 0.236 e. The van der Waals surface area contributed by atoms with Crippen LogP contribution in [-0.2, 0) is 11.3 Å². The maximum atomic E-state index is 13.3. The number of carbonyl (C=O) groups is 1. The molecule has 1 N–H and O–H groups in total. The summed E-state index contributed by atoms with van der Waals surface area (Å²) in [5, 5.41) is 3.33. The molecule has 5 heteroatoms. The summed E-state index contributed by atoms with van der Waals surface area (Å²) in [6.07, 6.45) is 0.871. The molecule has 0 heterocycles. The highest BCUT2D eigenvalue weighted by molar-refractivity contribution is 5.78. The zero-order valence-electron chi connectivity index (χ0n) is 15.7. The third-order valence-corrected chi connectivity index (χ3v) is 4.42. The van der Waals surface area contributed by atoms with Gasteiger partial charge >= 0.3 is 0 Å². The second-order valence-electron chi connectivity index (χ2n) is 6.15. The number of rotatable bonds is 9. The predicted octanol–water partition coefficient (Wildman–Crippen LogP) is 3.92. The number of methoxy groups -OCH3 is 1. The quantitative estimate of drug-likeness (QED) is 0.739. The van der Waals surface area contributed by atoms with Crippen LogP contribution in [0.5, 0.6) is 5.75 Å². The molecule has 0 saturated carbocycles. The van der Waals surface area contributed by atoms with E-state index in [4.69, 9.17) is 4.74 Å². The summed E-state index contributed by atoms with van der Waals surface area (Å²) in [5.41, 5.74) is 1.91. The monoisotopic (exact) mass is 358 g/mol. The average Bonchev–Trinajstić information content (AvgIpc) is 2.67. The fourth-order valence-corrected chi connectivity index (χ4v) is 2.89. The summed E-state index contributed by atoms with van der Waals surface area (Å²) in [4.78, 5) is 14.3. The first kappa shape index (κ1) is 19.9. The van der Waals surface area contributed by atoms with Gasteiger partial charge in [-0.05, 0) is 48.7 Å². The molecule has 0 aliphatic carbocycles. The van der Waals surface area contributed by atoms with Crippen LogP contribution in [0.25, 0.3) is 0 Å². The fourth-order valence-electron chi connectivity index (χ4n) is 2.89. The van der Waals surface area contributed by atoms with Crippen molar-refractivity contribution in [2.75, 3.05) is 20.2 Å². The number of hydrogen-bond donors (Lipinski definition) is 1. The van der Waals surface area contributed by atoms with Crippen molar-refractivity contribution < 1.29 is 13.9 Å². The zero-order valence-corrected chi connectivity index (χ0v) is 15.7. The first-order chi connectivity index (χ1) is 12.6. The number of nitrogens with one attached hydrogen (secondary N) is 1. The van der Waals surface area contributed by atoms with Crippen LogP contribution in [0.2, 0.25) is 0 Å². The molecule has 2 aromatic rings. The van der Waals surface area contributed by atoms with Crippen molar-refractivity contribution in [1.82, 2.24) is 10.2 Å². The third kappa shape index (κ3) is 5.56. The molecule has 140 valence electrons. The molecule has 0 aliphatic heterocycles. The first-order valence-corrected chi connectivity index (χ1v) is 8.96. The summed E-state index contributed by atoms with van der Waals surface area (Å²) in [6, 6.07) is 14.3. The van der Waals surface area contributed by atoms with Gasteiger partial charge in [0.05, 0.1) is 13.7 Å². The van der Waals surface area contributed by atoms with Crippen molar-refractivity contribution in [3.63, 3.8) is 0 Å². The first-order valence-electron chi connectivity index (χ1n) is 8.96. The molecule has 0 aliphatic rings. The molecule has 2 aromatic carbocycles. The van der Waals surface area contributed by atoms with Gasteiger partial charge in [-0.15, -0.1) is 0 Å². The van der Waals surface area contributed by atoms with E-state index in [9.17, 15) is 9.18 Å². The van der Waals surface area contributed by atoms with E-state index >= 15 is 0 Å². The molecule has 0 bridgehead atoms. The van der Waals surface area contributed by atoms with Crippen LogP contribution in [0.3, 0.4) is 0 Å². The third-order valence-electron chi connectivity index (χ3n) is 4.42. The normalized spacial score (nSPS) is 11.8. The Balaban J connectivity index is 1.95. The van der Waals surface area contributed by atoms with Gasteiger partial charge in [-0.1, -0.05) is 31.2 Å². The number of carbonyl (C=O) groups excluding carboxylic acids is 1. The zero-order chi connectivity index (χ0) is 18.9. The van der Waals surface area contributed by atoms with Gasteiger partial charge in [-0.2, -0.15) is 0 Å². The lowest BCUT2D eigenvalue weighted by Crippen LogP contribution is -2.38. The minimum absolute atomic E-state index is 0.00345. The number of ether oxygens (including phenoxy) is 1. The molecule has 1 unspecified atom stereocenters. The van der Waals surface area contributed by atoms with Gasteiger partial charge in [0, 0.05) is 19.1 Å². The van der Waals surface area contributed by atoms with E-state index in [-0.39, 0.29) is 24.3 Å². The van der Waals surface area contributed by atoms with Crippen molar-refractivity contribution >= 4 is 5.91 Å². The van der Waals surface area contributed by atoms with E-state index in [1.54, 1.807) is 18.1 Å². The van der Waals surface area contributed by atoms with Crippen molar-refractivity contribution in [2.45, 2.75) is 32.9 Å². The molecule has 4 nitrogen and oxygen atoms in total. The Labute approximate surface area is 155 Å². The van der Waals surface area contributed by atoms with E-state index in [2.05, 4.69) is 12.2 Å². The Bertz CT molecular complexity index is 703. The van der Waals surface area contributed by atoms with E-state index in [1.807, 2.05) is 37.3 Å². The van der Waals surface area contributed by atoms with Gasteiger partial charge in [0.1, 0.15) is 11.6 Å². The lowest BCUT2D eigenvalue weighted by atomic mass is 10.0. The maximum absolute atomic E-state index is 13.3. The highest BCUT2D eigenvalue weighted by Gasteiger charge is 2.15. The van der Waals surface area contributed by atoms with Gasteiger partial charge in [-0.25, -0.2) is 4.39 Å². The number of likely N-dealkylation sites (N-methyl/N-ethyl adjacent to an activating group) is 1. The Hall–Kier alpha value is -2.40. The Morgan fingerprint density at radius 2 is 1.92 bits per heavy atom. The fraction of sp³-hybridized carbons (Fsp3) is 0.381. The van der Waals surface area contributed by atoms with Gasteiger partial charge in [0.25, 0.3) is 0 Å². The van der Waals surface area contributed by atoms with Crippen molar-refractivity contribution in [3.05, 3.63) is 65.5 Å². The Morgan fingerprint density at radius 1 is 1.19 bits per heavy atom. The minimum atomic E-state index is -0.283. The van der Waals surface area contributed by atoms with Gasteiger partial charge in [0.15, 0.2) is 0 Å². The van der Waals surface area contributed by atoms with Crippen LogP contribution in [0.1, 0.15) is 37.4 Å². The van der Waals surface area contributed by atoms with E-state index in [0.29, 0.717) is 13.1 Å². The molecule has 0 aromatic heterocycles. The number of amides is 1. The minimum Gasteiger partial charge on any atom is -0.497 e. The number of benzene rings is 2. The van der Waals surface area contributed by atoms with Crippen LogP contribution < -0.4 is 10.1 Å². The highest BCUT2D eigenvalue weighted by Crippen LogP contribution is 2.20. The number of hydrogen-bond acceptors (Lipinski definition) is 3. The van der Waals surface area contributed by atoms with Crippen LogP contribution in [0.4, 0.5) is 4.39 Å². The average molecular weight is 358 g/mol. The second-order valence-corrected chi connectivity index (χ2v) is 6.15. The molecule has 1 atom stereocenters.